The zero-order valence-electron chi connectivity index (χ0n) is 18.6. The summed E-state index contributed by atoms with van der Waals surface area (Å²) in [7, 11) is -3.41. The van der Waals surface area contributed by atoms with Crippen molar-refractivity contribution in [2.75, 3.05) is 13.2 Å². The van der Waals surface area contributed by atoms with Crippen LogP contribution in [-0.4, -0.2) is 18.3 Å². The normalized spacial score (nSPS) is 11.9. The van der Waals surface area contributed by atoms with Crippen molar-refractivity contribution in [2.24, 2.45) is 0 Å². The molecule has 1 aromatic rings. The smallest absolute Gasteiger partial charge is 0.361 e. The molecule has 0 radical (unpaired) electrons. The van der Waals surface area contributed by atoms with Crippen LogP contribution in [0, 0.1) is 6.92 Å². The van der Waals surface area contributed by atoms with Crippen LogP contribution in [0.2, 0.25) is 0 Å². The van der Waals surface area contributed by atoms with Crippen LogP contribution in [0.5, 0.6) is 5.75 Å². The minimum absolute atomic E-state index is 0.159. The van der Waals surface area contributed by atoms with Crippen LogP contribution in [0.15, 0.2) is 16.6 Å². The Morgan fingerprint density at radius 2 is 1.28 bits per heavy atom. The summed E-state index contributed by atoms with van der Waals surface area (Å²) < 4.78 is 25.8. The van der Waals surface area contributed by atoms with Gasteiger partial charge < -0.3 is 14.2 Å². The van der Waals surface area contributed by atoms with Gasteiger partial charge in [-0.15, -0.1) is 0 Å². The van der Waals surface area contributed by atoms with E-state index < -0.39 is 7.60 Å². The predicted molar refractivity (Wildman–Crippen MR) is 126 cm³/mol. The first-order valence-electron chi connectivity index (χ1n) is 11.3. The maximum absolute atomic E-state index is 13.6. The lowest BCUT2D eigenvalue weighted by Crippen LogP contribution is -2.13. The molecule has 0 atom stereocenters. The molecule has 0 spiro atoms. The summed E-state index contributed by atoms with van der Waals surface area (Å²) in [6.07, 6.45) is 13.8. The van der Waals surface area contributed by atoms with Crippen LogP contribution in [-0.2, 0) is 13.6 Å². The molecule has 1 N–H and O–H groups in total. The molecule has 0 aliphatic rings. The average molecular weight is 491 g/mol. The fourth-order valence-electron chi connectivity index (χ4n) is 3.20. The number of phenols is 1. The Morgan fingerprint density at radius 3 is 1.72 bits per heavy atom. The standard InChI is InChI=1S/C23H40BrO4P/c1-4-6-8-10-12-14-16-27-29(26,28-17-15-13-11-9-7-5-2)21-18-20(3)23(25)22(24)19-21/h18-19,25H,4-17H2,1-3H3. The van der Waals surface area contributed by atoms with Crippen molar-refractivity contribution in [3.63, 3.8) is 0 Å². The molecule has 1 aromatic carbocycles. The zero-order chi connectivity index (χ0) is 21.5. The molecular weight excluding hydrogens is 451 g/mol. The first-order chi connectivity index (χ1) is 13.9. The van der Waals surface area contributed by atoms with Crippen molar-refractivity contribution < 1.29 is 18.7 Å². The van der Waals surface area contributed by atoms with Crippen molar-refractivity contribution in [1.29, 1.82) is 0 Å². The van der Waals surface area contributed by atoms with Crippen molar-refractivity contribution in [3.05, 3.63) is 22.2 Å². The van der Waals surface area contributed by atoms with Crippen molar-refractivity contribution in [3.8, 4) is 5.75 Å². The van der Waals surface area contributed by atoms with Gasteiger partial charge in [-0.1, -0.05) is 78.1 Å². The van der Waals surface area contributed by atoms with E-state index in [0.717, 1.165) is 25.7 Å². The topological polar surface area (TPSA) is 55.8 Å². The van der Waals surface area contributed by atoms with Gasteiger partial charge in [0.25, 0.3) is 0 Å². The van der Waals surface area contributed by atoms with Gasteiger partial charge >= 0.3 is 7.60 Å². The molecule has 29 heavy (non-hydrogen) atoms. The first kappa shape index (κ1) is 26.7. The number of hydrogen-bond donors (Lipinski definition) is 1. The molecular formula is C23H40BrO4P. The van der Waals surface area contributed by atoms with E-state index in [0.29, 0.717) is 28.6 Å². The summed E-state index contributed by atoms with van der Waals surface area (Å²) in [5.41, 5.74) is 0.654. The summed E-state index contributed by atoms with van der Waals surface area (Å²) in [5.74, 6) is 0.159. The lowest BCUT2D eigenvalue weighted by atomic mass is 10.1. The Hall–Kier alpha value is -0.350. The van der Waals surface area contributed by atoms with Gasteiger partial charge in [0.15, 0.2) is 0 Å². The van der Waals surface area contributed by atoms with Crippen molar-refractivity contribution in [2.45, 2.75) is 97.8 Å². The third-order valence-corrected chi connectivity index (χ3v) is 7.61. The van der Waals surface area contributed by atoms with E-state index in [9.17, 15) is 9.67 Å². The lowest BCUT2D eigenvalue weighted by molar-refractivity contribution is 0.206. The largest absolute Gasteiger partial charge is 0.506 e. The third kappa shape index (κ3) is 10.5. The Morgan fingerprint density at radius 1 is 0.828 bits per heavy atom. The molecule has 0 bridgehead atoms. The molecule has 168 valence electrons. The average Bonchev–Trinajstić information content (AvgIpc) is 2.70. The van der Waals surface area contributed by atoms with Crippen molar-refractivity contribution >= 4 is 28.8 Å². The Balaban J connectivity index is 2.64. The second-order valence-electron chi connectivity index (χ2n) is 7.79. The Labute approximate surface area is 186 Å². The molecule has 6 heteroatoms. The maximum Gasteiger partial charge on any atom is 0.361 e. The number of aryl methyl sites for hydroxylation is 1. The SMILES string of the molecule is CCCCCCCCOP(=O)(OCCCCCCCC)c1cc(C)c(O)c(Br)c1. The molecule has 0 saturated heterocycles. The van der Waals surface area contributed by atoms with Gasteiger partial charge in [0.2, 0.25) is 0 Å². The van der Waals surface area contributed by atoms with Crippen LogP contribution >= 0.6 is 23.5 Å². The Bertz CT molecular complexity index is 576. The molecule has 0 amide bonds. The molecule has 0 heterocycles. The number of unbranched alkanes of at least 4 members (excludes halogenated alkanes) is 10. The minimum Gasteiger partial charge on any atom is -0.506 e. The van der Waals surface area contributed by atoms with E-state index in [4.69, 9.17) is 9.05 Å². The van der Waals surface area contributed by atoms with Gasteiger partial charge in [0.05, 0.1) is 23.0 Å². The highest BCUT2D eigenvalue weighted by atomic mass is 79.9. The van der Waals surface area contributed by atoms with E-state index in [-0.39, 0.29) is 5.75 Å². The van der Waals surface area contributed by atoms with E-state index in [2.05, 4.69) is 29.8 Å². The highest BCUT2D eigenvalue weighted by Gasteiger charge is 2.29. The van der Waals surface area contributed by atoms with Crippen LogP contribution in [0.4, 0.5) is 0 Å². The van der Waals surface area contributed by atoms with Crippen LogP contribution in [0.3, 0.4) is 0 Å². The highest BCUT2D eigenvalue weighted by Crippen LogP contribution is 2.49. The minimum atomic E-state index is -3.41. The van der Waals surface area contributed by atoms with Gasteiger partial charge in [0, 0.05) is 0 Å². The fourth-order valence-corrected chi connectivity index (χ4v) is 5.68. The second kappa shape index (κ2) is 15.5. The maximum atomic E-state index is 13.6. The van der Waals surface area contributed by atoms with E-state index in [1.54, 1.807) is 19.1 Å². The molecule has 0 aromatic heterocycles. The summed E-state index contributed by atoms with van der Waals surface area (Å²) in [6, 6.07) is 3.37. The number of benzene rings is 1. The fraction of sp³-hybridized carbons (Fsp3) is 0.739. The summed E-state index contributed by atoms with van der Waals surface area (Å²) in [6.45, 7) is 7.06. The molecule has 1 rings (SSSR count). The van der Waals surface area contributed by atoms with Gasteiger partial charge in [-0.2, -0.15) is 0 Å². The molecule has 0 aliphatic heterocycles. The van der Waals surface area contributed by atoms with Gasteiger partial charge in [0.1, 0.15) is 5.75 Å². The summed E-state index contributed by atoms with van der Waals surface area (Å²) in [4.78, 5) is 0. The van der Waals surface area contributed by atoms with E-state index in [1.807, 2.05) is 0 Å². The lowest BCUT2D eigenvalue weighted by Gasteiger charge is -2.20. The van der Waals surface area contributed by atoms with Crippen LogP contribution in [0.1, 0.15) is 96.5 Å². The summed E-state index contributed by atoms with van der Waals surface area (Å²) in [5, 5.41) is 10.5. The Kier molecular flexibility index (Phi) is 14.2. The first-order valence-corrected chi connectivity index (χ1v) is 13.7. The van der Waals surface area contributed by atoms with Crippen molar-refractivity contribution in [1.82, 2.24) is 0 Å². The number of aromatic hydroxyl groups is 1. The second-order valence-corrected chi connectivity index (χ2v) is 10.7. The quantitative estimate of drug-likeness (QED) is 0.177. The van der Waals surface area contributed by atoms with Gasteiger partial charge in [-0.3, -0.25) is 4.57 Å². The molecule has 0 unspecified atom stereocenters. The van der Waals surface area contributed by atoms with Gasteiger partial charge in [-0.25, -0.2) is 0 Å². The molecule has 0 fully saturated rings. The molecule has 0 saturated carbocycles. The molecule has 4 nitrogen and oxygen atoms in total. The van der Waals surface area contributed by atoms with E-state index in [1.165, 1.54) is 51.4 Å². The zero-order valence-corrected chi connectivity index (χ0v) is 21.0. The predicted octanol–water partition coefficient (Wildman–Crippen LogP) is 8.04. The summed E-state index contributed by atoms with van der Waals surface area (Å²) >= 11 is 3.34. The third-order valence-electron chi connectivity index (χ3n) is 5.07. The number of halogens is 1. The monoisotopic (exact) mass is 490 g/mol. The number of phenolic OH excluding ortho intramolecular Hbond substituents is 1. The van der Waals surface area contributed by atoms with Gasteiger partial charge in [-0.05, 0) is 53.4 Å². The molecule has 0 aliphatic carbocycles. The number of rotatable bonds is 17. The highest BCUT2D eigenvalue weighted by molar-refractivity contribution is 9.10. The van der Waals surface area contributed by atoms with E-state index >= 15 is 0 Å². The number of hydrogen-bond acceptors (Lipinski definition) is 4. The van der Waals surface area contributed by atoms with Crippen LogP contribution < -0.4 is 5.30 Å². The van der Waals surface area contributed by atoms with Crippen LogP contribution in [0.25, 0.3) is 0 Å².